The summed E-state index contributed by atoms with van der Waals surface area (Å²) in [5.74, 6) is 1.23. The van der Waals surface area contributed by atoms with Crippen molar-refractivity contribution >= 4 is 6.09 Å². The lowest BCUT2D eigenvalue weighted by Gasteiger charge is -2.32. The standard InChI is InChI=1S/C21H39NO3/c1-7-17(15(2)3)14-19(23)18(13-16-11-9-8-10-12-16)22-20(24)25-21(4,5)6/h7,15-19,23H,1,8-14H2,2-6H3,(H,22,24)/t17-,18-,19-/m0/s1. The number of carbonyl (C=O) groups excluding carboxylic acids is 1. The van der Waals surface area contributed by atoms with Crippen molar-refractivity contribution in [3.8, 4) is 0 Å². The zero-order valence-corrected chi connectivity index (χ0v) is 16.9. The molecule has 4 heteroatoms. The molecule has 0 saturated heterocycles. The van der Waals surface area contributed by atoms with Gasteiger partial charge >= 0.3 is 6.09 Å². The molecule has 1 fully saturated rings. The minimum absolute atomic E-state index is 0.240. The maximum Gasteiger partial charge on any atom is 0.407 e. The van der Waals surface area contributed by atoms with Crippen LogP contribution in [0, 0.1) is 17.8 Å². The van der Waals surface area contributed by atoms with Crippen LogP contribution < -0.4 is 5.32 Å². The van der Waals surface area contributed by atoms with Gasteiger partial charge in [0.25, 0.3) is 0 Å². The third kappa shape index (κ3) is 8.75. The molecule has 0 heterocycles. The highest BCUT2D eigenvalue weighted by Gasteiger charge is 2.29. The lowest BCUT2D eigenvalue weighted by Crippen LogP contribution is -2.47. The average molecular weight is 354 g/mol. The third-order valence-corrected chi connectivity index (χ3v) is 5.15. The molecule has 3 atom stereocenters. The molecule has 0 spiro atoms. The number of allylic oxidation sites excluding steroid dienone is 1. The van der Waals surface area contributed by atoms with Gasteiger partial charge in [-0.25, -0.2) is 4.79 Å². The number of aliphatic hydroxyl groups excluding tert-OH is 1. The predicted octanol–water partition coefficient (Wildman–Crippen LogP) is 5.06. The van der Waals surface area contributed by atoms with Gasteiger partial charge in [-0.15, -0.1) is 6.58 Å². The third-order valence-electron chi connectivity index (χ3n) is 5.15. The smallest absolute Gasteiger partial charge is 0.407 e. The molecule has 0 unspecified atom stereocenters. The van der Waals surface area contributed by atoms with Gasteiger partial charge in [0.2, 0.25) is 0 Å². The monoisotopic (exact) mass is 353 g/mol. The Morgan fingerprint density at radius 1 is 1.28 bits per heavy atom. The van der Waals surface area contributed by atoms with Crippen molar-refractivity contribution in [3.05, 3.63) is 12.7 Å². The Hall–Kier alpha value is -1.03. The summed E-state index contributed by atoms with van der Waals surface area (Å²) < 4.78 is 5.40. The molecule has 25 heavy (non-hydrogen) atoms. The first-order valence-electron chi connectivity index (χ1n) is 9.92. The molecule has 1 aliphatic rings. The van der Waals surface area contributed by atoms with Crippen molar-refractivity contribution in [2.75, 3.05) is 0 Å². The Bertz CT molecular complexity index is 408. The van der Waals surface area contributed by atoms with Crippen LogP contribution in [0.4, 0.5) is 4.79 Å². The topological polar surface area (TPSA) is 58.6 Å². The molecule has 0 aliphatic heterocycles. The fourth-order valence-corrected chi connectivity index (χ4v) is 3.64. The maximum absolute atomic E-state index is 12.2. The summed E-state index contributed by atoms with van der Waals surface area (Å²) in [6, 6.07) is -0.265. The van der Waals surface area contributed by atoms with E-state index in [0.717, 1.165) is 6.42 Å². The van der Waals surface area contributed by atoms with Crippen molar-refractivity contribution in [2.45, 2.75) is 97.3 Å². The van der Waals surface area contributed by atoms with Gasteiger partial charge in [0.1, 0.15) is 5.60 Å². The van der Waals surface area contributed by atoms with Gasteiger partial charge in [0, 0.05) is 0 Å². The zero-order valence-electron chi connectivity index (χ0n) is 16.9. The number of carbonyl (C=O) groups is 1. The van der Waals surface area contributed by atoms with Crippen LogP contribution in [0.5, 0.6) is 0 Å². The molecule has 1 amide bonds. The lowest BCUT2D eigenvalue weighted by atomic mass is 9.81. The second kappa shape index (κ2) is 10.2. The fraction of sp³-hybridized carbons (Fsp3) is 0.857. The molecular weight excluding hydrogens is 314 g/mol. The lowest BCUT2D eigenvalue weighted by molar-refractivity contribution is 0.0354. The molecule has 2 N–H and O–H groups in total. The Morgan fingerprint density at radius 2 is 1.88 bits per heavy atom. The van der Waals surface area contributed by atoms with E-state index in [1.807, 2.05) is 26.8 Å². The summed E-state index contributed by atoms with van der Waals surface area (Å²) in [7, 11) is 0. The highest BCUT2D eigenvalue weighted by molar-refractivity contribution is 5.68. The van der Waals surface area contributed by atoms with E-state index in [-0.39, 0.29) is 12.0 Å². The van der Waals surface area contributed by atoms with E-state index in [1.54, 1.807) is 0 Å². The van der Waals surface area contributed by atoms with Crippen LogP contribution in [0.3, 0.4) is 0 Å². The van der Waals surface area contributed by atoms with E-state index in [4.69, 9.17) is 4.74 Å². The minimum Gasteiger partial charge on any atom is -0.444 e. The molecule has 0 aromatic rings. The first-order valence-corrected chi connectivity index (χ1v) is 9.92. The Balaban J connectivity index is 2.74. The summed E-state index contributed by atoms with van der Waals surface area (Å²) in [6.07, 6.45) is 8.52. The van der Waals surface area contributed by atoms with Crippen LogP contribution in [-0.2, 0) is 4.74 Å². The predicted molar refractivity (Wildman–Crippen MR) is 103 cm³/mol. The molecule has 0 aromatic heterocycles. The number of aliphatic hydroxyl groups is 1. The van der Waals surface area contributed by atoms with E-state index >= 15 is 0 Å². The van der Waals surface area contributed by atoms with Gasteiger partial charge < -0.3 is 15.2 Å². The number of ether oxygens (including phenoxy) is 1. The second-order valence-corrected chi connectivity index (χ2v) is 8.94. The van der Waals surface area contributed by atoms with Gasteiger partial charge in [0.15, 0.2) is 0 Å². The number of rotatable bonds is 8. The summed E-state index contributed by atoms with van der Waals surface area (Å²) in [5, 5.41) is 13.8. The number of hydrogen-bond acceptors (Lipinski definition) is 3. The molecule has 146 valence electrons. The molecule has 1 saturated carbocycles. The molecule has 0 radical (unpaired) electrons. The number of alkyl carbamates (subject to hydrolysis) is 1. The van der Waals surface area contributed by atoms with Crippen molar-refractivity contribution < 1.29 is 14.6 Å². The number of nitrogens with one attached hydrogen (secondary N) is 1. The summed E-state index contributed by atoms with van der Waals surface area (Å²) in [6.45, 7) is 13.7. The molecular formula is C21H39NO3. The highest BCUT2D eigenvalue weighted by atomic mass is 16.6. The summed E-state index contributed by atoms with van der Waals surface area (Å²) in [5.41, 5.74) is -0.536. The zero-order chi connectivity index (χ0) is 19.0. The van der Waals surface area contributed by atoms with E-state index in [2.05, 4.69) is 25.7 Å². The summed E-state index contributed by atoms with van der Waals surface area (Å²) in [4.78, 5) is 12.2. The number of amides is 1. The molecule has 1 aliphatic carbocycles. The van der Waals surface area contributed by atoms with Crippen LogP contribution >= 0.6 is 0 Å². The van der Waals surface area contributed by atoms with Gasteiger partial charge in [0.05, 0.1) is 12.1 Å². The fourth-order valence-electron chi connectivity index (χ4n) is 3.64. The van der Waals surface area contributed by atoms with Gasteiger partial charge in [-0.05, 0) is 51.4 Å². The van der Waals surface area contributed by atoms with E-state index in [0.29, 0.717) is 18.3 Å². The van der Waals surface area contributed by atoms with E-state index in [1.165, 1.54) is 32.1 Å². The van der Waals surface area contributed by atoms with Crippen LogP contribution in [0.25, 0.3) is 0 Å². The quantitative estimate of drug-likeness (QED) is 0.600. The van der Waals surface area contributed by atoms with Gasteiger partial charge in [-0.1, -0.05) is 52.0 Å². The summed E-state index contributed by atoms with van der Waals surface area (Å²) >= 11 is 0. The molecule has 1 rings (SSSR count). The number of hydrogen-bond donors (Lipinski definition) is 2. The van der Waals surface area contributed by atoms with Gasteiger partial charge in [-0.3, -0.25) is 0 Å². The molecule has 4 nitrogen and oxygen atoms in total. The molecule has 0 bridgehead atoms. The maximum atomic E-state index is 12.2. The second-order valence-electron chi connectivity index (χ2n) is 8.94. The van der Waals surface area contributed by atoms with Crippen LogP contribution in [0.1, 0.15) is 79.6 Å². The first kappa shape index (κ1) is 22.0. The van der Waals surface area contributed by atoms with Crippen LogP contribution in [0.2, 0.25) is 0 Å². The Kier molecular flexibility index (Phi) is 8.98. The van der Waals surface area contributed by atoms with Crippen molar-refractivity contribution in [2.24, 2.45) is 17.8 Å². The van der Waals surface area contributed by atoms with Crippen molar-refractivity contribution in [3.63, 3.8) is 0 Å². The average Bonchev–Trinajstić information content (AvgIpc) is 2.50. The normalized spacial score (nSPS) is 20.0. The highest BCUT2D eigenvalue weighted by Crippen LogP contribution is 2.29. The van der Waals surface area contributed by atoms with Crippen LogP contribution in [-0.4, -0.2) is 28.9 Å². The molecule has 0 aromatic carbocycles. The van der Waals surface area contributed by atoms with E-state index < -0.39 is 17.8 Å². The Morgan fingerprint density at radius 3 is 2.36 bits per heavy atom. The first-order chi connectivity index (χ1) is 11.6. The SMILES string of the molecule is C=C[C@@H](C[C@H](O)[C@H](CC1CCCCC1)NC(=O)OC(C)(C)C)C(C)C. The van der Waals surface area contributed by atoms with Crippen LogP contribution in [0.15, 0.2) is 12.7 Å². The Labute approximate surface area is 154 Å². The van der Waals surface area contributed by atoms with Crippen molar-refractivity contribution in [1.29, 1.82) is 0 Å². The van der Waals surface area contributed by atoms with Gasteiger partial charge in [-0.2, -0.15) is 0 Å². The van der Waals surface area contributed by atoms with E-state index in [9.17, 15) is 9.90 Å². The van der Waals surface area contributed by atoms with Crippen molar-refractivity contribution in [1.82, 2.24) is 5.32 Å². The minimum atomic E-state index is -0.583. The largest absolute Gasteiger partial charge is 0.444 e.